The Labute approximate surface area is 169 Å². The highest BCUT2D eigenvalue weighted by atomic mass is 35.5. The molecule has 4 rings (SSSR count). The molecule has 5 nitrogen and oxygen atoms in total. The molecule has 0 bridgehead atoms. The number of nitrogens with zero attached hydrogens (tertiary/aromatic N) is 2. The highest BCUT2D eigenvalue weighted by Crippen LogP contribution is 2.40. The molecule has 28 heavy (non-hydrogen) atoms. The molecular weight excluding hydrogens is 376 g/mol. The summed E-state index contributed by atoms with van der Waals surface area (Å²) in [5.74, 6) is -0.253. The van der Waals surface area contributed by atoms with Gasteiger partial charge < -0.3 is 9.64 Å². The predicted octanol–water partition coefficient (Wildman–Crippen LogP) is 4.04. The number of hydrogen-bond acceptors (Lipinski definition) is 4. The summed E-state index contributed by atoms with van der Waals surface area (Å²) >= 11 is 6.15. The van der Waals surface area contributed by atoms with Crippen molar-refractivity contribution < 1.29 is 14.3 Å². The topological polar surface area (TPSA) is 49.9 Å². The van der Waals surface area contributed by atoms with Crippen LogP contribution in [0.1, 0.15) is 24.0 Å². The molecule has 2 aromatic rings. The summed E-state index contributed by atoms with van der Waals surface area (Å²) in [4.78, 5) is 30.1. The van der Waals surface area contributed by atoms with Gasteiger partial charge in [0.05, 0.1) is 18.4 Å². The lowest BCUT2D eigenvalue weighted by Crippen LogP contribution is -2.34. The molecule has 1 fully saturated rings. The molecule has 2 heterocycles. The standard InChI is InChI=1S/C22H21ClN2O3/c1-14-5-7-15(8-6-14)19-20(24-11-3-4-12-24)22(27)25(21(19)26)17-13-16(23)9-10-18(17)28-2/h5-10,13H,3-4,11-12H2,1-2H3. The zero-order valence-corrected chi connectivity index (χ0v) is 16.6. The summed E-state index contributed by atoms with van der Waals surface area (Å²) in [6.45, 7) is 3.53. The van der Waals surface area contributed by atoms with Crippen molar-refractivity contribution in [2.45, 2.75) is 19.8 Å². The van der Waals surface area contributed by atoms with Gasteiger partial charge in [0, 0.05) is 18.1 Å². The van der Waals surface area contributed by atoms with Gasteiger partial charge in [-0.25, -0.2) is 4.90 Å². The van der Waals surface area contributed by atoms with Crippen LogP contribution in [0.4, 0.5) is 5.69 Å². The highest BCUT2D eigenvalue weighted by molar-refractivity contribution is 6.46. The van der Waals surface area contributed by atoms with Crippen molar-refractivity contribution in [3.8, 4) is 5.75 Å². The number of hydrogen-bond donors (Lipinski definition) is 0. The summed E-state index contributed by atoms with van der Waals surface area (Å²) < 4.78 is 5.39. The molecule has 2 aliphatic heterocycles. The van der Waals surface area contributed by atoms with Crippen LogP contribution in [0.3, 0.4) is 0 Å². The minimum Gasteiger partial charge on any atom is -0.495 e. The third-order valence-corrected chi connectivity index (χ3v) is 5.44. The largest absolute Gasteiger partial charge is 0.495 e. The fraction of sp³-hybridized carbons (Fsp3) is 0.273. The van der Waals surface area contributed by atoms with Crippen LogP contribution in [0.2, 0.25) is 5.02 Å². The number of carbonyl (C=O) groups excluding carboxylic acids is 2. The van der Waals surface area contributed by atoms with Crippen LogP contribution in [0.5, 0.6) is 5.75 Å². The first-order chi connectivity index (χ1) is 13.5. The van der Waals surface area contributed by atoms with Crippen molar-refractivity contribution >= 4 is 34.7 Å². The number of halogens is 1. The predicted molar refractivity (Wildman–Crippen MR) is 109 cm³/mol. The Hall–Kier alpha value is -2.79. The zero-order valence-electron chi connectivity index (χ0n) is 15.9. The van der Waals surface area contributed by atoms with Crippen molar-refractivity contribution in [1.82, 2.24) is 4.90 Å². The highest BCUT2D eigenvalue weighted by Gasteiger charge is 2.44. The summed E-state index contributed by atoms with van der Waals surface area (Å²) in [6, 6.07) is 12.6. The van der Waals surface area contributed by atoms with Gasteiger partial charge in [0.25, 0.3) is 11.8 Å². The molecule has 0 aliphatic carbocycles. The van der Waals surface area contributed by atoms with Crippen LogP contribution in [0.25, 0.3) is 5.57 Å². The SMILES string of the molecule is COc1ccc(Cl)cc1N1C(=O)C(c2ccc(C)cc2)=C(N2CCCC2)C1=O. The number of rotatable bonds is 4. The minimum absolute atomic E-state index is 0.331. The summed E-state index contributed by atoms with van der Waals surface area (Å²) in [5, 5.41) is 0.433. The van der Waals surface area contributed by atoms with Gasteiger partial charge in [-0.2, -0.15) is 0 Å². The third kappa shape index (κ3) is 3.06. The average Bonchev–Trinajstić information content (AvgIpc) is 3.29. The van der Waals surface area contributed by atoms with Crippen molar-refractivity contribution in [2.24, 2.45) is 0 Å². The molecule has 0 atom stereocenters. The lowest BCUT2D eigenvalue weighted by Gasteiger charge is -2.21. The Morgan fingerprint density at radius 3 is 2.29 bits per heavy atom. The van der Waals surface area contributed by atoms with Gasteiger partial charge in [-0.05, 0) is 43.5 Å². The van der Waals surface area contributed by atoms with Gasteiger partial charge in [-0.1, -0.05) is 41.4 Å². The van der Waals surface area contributed by atoms with Crippen LogP contribution in [0.15, 0.2) is 48.2 Å². The van der Waals surface area contributed by atoms with Crippen LogP contribution in [-0.2, 0) is 9.59 Å². The Kier molecular flexibility index (Phi) is 4.85. The van der Waals surface area contributed by atoms with E-state index in [0.717, 1.165) is 37.1 Å². The van der Waals surface area contributed by atoms with E-state index in [4.69, 9.17) is 16.3 Å². The molecule has 0 N–H and O–H groups in total. The molecule has 0 saturated carbocycles. The molecule has 6 heteroatoms. The number of methoxy groups -OCH3 is 1. The van der Waals surface area contributed by atoms with Gasteiger partial charge in [0.1, 0.15) is 11.4 Å². The van der Waals surface area contributed by atoms with Crippen molar-refractivity contribution in [3.63, 3.8) is 0 Å². The van der Waals surface area contributed by atoms with Crippen LogP contribution in [-0.4, -0.2) is 36.9 Å². The monoisotopic (exact) mass is 396 g/mol. The number of aryl methyl sites for hydroxylation is 1. The van der Waals surface area contributed by atoms with Crippen LogP contribution < -0.4 is 9.64 Å². The fourth-order valence-corrected chi connectivity index (χ4v) is 3.96. The Morgan fingerprint density at radius 1 is 0.964 bits per heavy atom. The van der Waals surface area contributed by atoms with E-state index in [1.54, 1.807) is 18.2 Å². The molecule has 1 saturated heterocycles. The van der Waals surface area contributed by atoms with Crippen molar-refractivity contribution in [2.75, 3.05) is 25.1 Å². The first kappa shape index (κ1) is 18.6. The summed E-state index contributed by atoms with van der Waals surface area (Å²) in [7, 11) is 1.51. The first-order valence-corrected chi connectivity index (χ1v) is 9.67. The molecule has 0 spiro atoms. The quantitative estimate of drug-likeness (QED) is 0.732. The number of anilines is 1. The van der Waals surface area contributed by atoms with Gasteiger partial charge >= 0.3 is 0 Å². The first-order valence-electron chi connectivity index (χ1n) is 9.30. The van der Waals surface area contributed by atoms with Gasteiger partial charge in [-0.3, -0.25) is 9.59 Å². The average molecular weight is 397 g/mol. The second-order valence-electron chi connectivity index (χ2n) is 7.05. The molecule has 0 unspecified atom stereocenters. The maximum atomic E-state index is 13.5. The zero-order chi connectivity index (χ0) is 19.8. The maximum Gasteiger partial charge on any atom is 0.282 e. The smallest absolute Gasteiger partial charge is 0.282 e. The Morgan fingerprint density at radius 2 is 1.64 bits per heavy atom. The van der Waals surface area contributed by atoms with Gasteiger partial charge in [-0.15, -0.1) is 0 Å². The third-order valence-electron chi connectivity index (χ3n) is 5.20. The summed E-state index contributed by atoms with van der Waals surface area (Å²) in [6.07, 6.45) is 2.01. The van der Waals surface area contributed by atoms with Crippen molar-refractivity contribution in [1.29, 1.82) is 0 Å². The fourth-order valence-electron chi connectivity index (χ4n) is 3.79. The molecule has 144 valence electrons. The Balaban J connectivity index is 1.86. The van der Waals surface area contributed by atoms with E-state index in [0.29, 0.717) is 27.7 Å². The Bertz CT molecular complexity index is 976. The molecule has 0 aromatic heterocycles. The number of ether oxygens (including phenoxy) is 1. The van der Waals surface area contributed by atoms with E-state index in [2.05, 4.69) is 0 Å². The van der Waals surface area contributed by atoms with Crippen LogP contribution in [0, 0.1) is 6.92 Å². The lowest BCUT2D eigenvalue weighted by atomic mass is 10.0. The minimum atomic E-state index is -0.351. The van der Waals surface area contributed by atoms with E-state index in [-0.39, 0.29) is 11.8 Å². The lowest BCUT2D eigenvalue weighted by molar-refractivity contribution is -0.120. The number of benzene rings is 2. The van der Waals surface area contributed by atoms with E-state index >= 15 is 0 Å². The second-order valence-corrected chi connectivity index (χ2v) is 7.48. The van der Waals surface area contributed by atoms with E-state index < -0.39 is 0 Å². The summed E-state index contributed by atoms with van der Waals surface area (Å²) in [5.41, 5.74) is 3.11. The van der Waals surface area contributed by atoms with Gasteiger partial charge in [0.15, 0.2) is 0 Å². The van der Waals surface area contributed by atoms with E-state index in [1.165, 1.54) is 12.0 Å². The van der Waals surface area contributed by atoms with Crippen molar-refractivity contribution in [3.05, 3.63) is 64.3 Å². The second kappa shape index (κ2) is 7.32. The molecule has 0 radical (unpaired) electrons. The number of amides is 2. The molecule has 2 amide bonds. The number of carbonyl (C=O) groups is 2. The van der Waals surface area contributed by atoms with Crippen LogP contribution >= 0.6 is 11.6 Å². The molecular formula is C22H21ClN2O3. The van der Waals surface area contributed by atoms with E-state index in [9.17, 15) is 9.59 Å². The normalized spacial score (nSPS) is 17.1. The number of likely N-dealkylation sites (tertiary alicyclic amines) is 1. The number of imide groups is 1. The van der Waals surface area contributed by atoms with E-state index in [1.807, 2.05) is 36.1 Å². The molecule has 2 aliphatic rings. The molecule has 2 aromatic carbocycles. The maximum absolute atomic E-state index is 13.5. The van der Waals surface area contributed by atoms with Gasteiger partial charge in [0.2, 0.25) is 0 Å².